The second kappa shape index (κ2) is 5.68. The normalized spacial score (nSPS) is 11.1. The van der Waals surface area contributed by atoms with Crippen molar-refractivity contribution in [2.75, 3.05) is 6.61 Å². The Hall–Kier alpha value is -1.55. The topological polar surface area (TPSA) is 64.3 Å². The van der Waals surface area contributed by atoms with Gasteiger partial charge >= 0.3 is 0 Å². The molecule has 0 radical (unpaired) electrons. The summed E-state index contributed by atoms with van der Waals surface area (Å²) in [7, 11) is 0. The second-order valence-electron chi connectivity index (χ2n) is 4.62. The molecule has 94 valence electrons. The molecular formula is C13H20N2O2. The zero-order valence-electron chi connectivity index (χ0n) is 10.6. The smallest absolute Gasteiger partial charge is 0.271 e. The number of hydrogen-bond acceptors (Lipinski definition) is 3. The van der Waals surface area contributed by atoms with Gasteiger partial charge in [0.05, 0.1) is 0 Å². The van der Waals surface area contributed by atoms with E-state index in [0.29, 0.717) is 5.75 Å². The van der Waals surface area contributed by atoms with Gasteiger partial charge in [-0.2, -0.15) is 0 Å². The molecule has 0 aromatic heterocycles. The van der Waals surface area contributed by atoms with E-state index in [4.69, 9.17) is 10.6 Å². The average Bonchev–Trinajstić information content (AvgIpc) is 2.36. The Kier molecular flexibility index (Phi) is 4.52. The molecule has 0 atom stereocenters. The molecule has 1 aromatic rings. The number of carbonyl (C=O) groups excluding carboxylic acids is 1. The van der Waals surface area contributed by atoms with Gasteiger partial charge < -0.3 is 4.74 Å². The lowest BCUT2D eigenvalue weighted by Crippen LogP contribution is -2.34. The van der Waals surface area contributed by atoms with E-state index in [1.165, 1.54) is 5.56 Å². The number of nitrogens with two attached hydrogens (primary N) is 1. The van der Waals surface area contributed by atoms with Crippen molar-refractivity contribution in [3.8, 4) is 5.75 Å². The first-order valence-electron chi connectivity index (χ1n) is 5.72. The number of ether oxygens (including phenoxy) is 1. The molecule has 0 bridgehead atoms. The summed E-state index contributed by atoms with van der Waals surface area (Å²) in [6.07, 6.45) is 1.07. The van der Waals surface area contributed by atoms with Gasteiger partial charge in [0.15, 0.2) is 6.61 Å². The van der Waals surface area contributed by atoms with E-state index in [1.54, 1.807) is 0 Å². The summed E-state index contributed by atoms with van der Waals surface area (Å²) in [5.74, 6) is 5.28. The molecular weight excluding hydrogens is 216 g/mol. The van der Waals surface area contributed by atoms with Gasteiger partial charge in [0, 0.05) is 0 Å². The molecule has 0 saturated carbocycles. The van der Waals surface area contributed by atoms with Crippen molar-refractivity contribution in [1.29, 1.82) is 0 Å². The predicted molar refractivity (Wildman–Crippen MR) is 67.6 cm³/mol. The lowest BCUT2D eigenvalue weighted by Gasteiger charge is -2.23. The van der Waals surface area contributed by atoms with Gasteiger partial charge in [-0.25, -0.2) is 5.84 Å². The van der Waals surface area contributed by atoms with Crippen LogP contribution in [-0.4, -0.2) is 12.5 Å². The van der Waals surface area contributed by atoms with Crippen LogP contribution in [0.5, 0.6) is 5.75 Å². The Labute approximate surface area is 102 Å². The van der Waals surface area contributed by atoms with Gasteiger partial charge in [-0.3, -0.25) is 10.2 Å². The van der Waals surface area contributed by atoms with Crippen LogP contribution in [0.15, 0.2) is 24.3 Å². The highest BCUT2D eigenvalue weighted by Crippen LogP contribution is 2.27. The fraction of sp³-hybridized carbons (Fsp3) is 0.462. The van der Waals surface area contributed by atoms with E-state index in [-0.39, 0.29) is 17.9 Å². The Balaban J connectivity index is 2.65. The van der Waals surface area contributed by atoms with E-state index < -0.39 is 0 Å². The third-order valence-electron chi connectivity index (χ3n) is 3.05. The Morgan fingerprint density at radius 2 is 1.94 bits per heavy atom. The summed E-state index contributed by atoms with van der Waals surface area (Å²) in [6, 6.07) is 7.80. The zero-order chi connectivity index (χ0) is 12.9. The maximum atomic E-state index is 10.9. The van der Waals surface area contributed by atoms with E-state index in [0.717, 1.165) is 6.42 Å². The predicted octanol–water partition coefficient (Wildman–Crippen LogP) is 1.74. The molecule has 4 nitrogen and oxygen atoms in total. The molecule has 3 N–H and O–H groups in total. The van der Waals surface area contributed by atoms with Crippen molar-refractivity contribution in [3.05, 3.63) is 29.8 Å². The van der Waals surface area contributed by atoms with Crippen LogP contribution >= 0.6 is 0 Å². The van der Waals surface area contributed by atoms with E-state index in [1.807, 2.05) is 29.7 Å². The summed E-state index contributed by atoms with van der Waals surface area (Å²) < 4.78 is 5.27. The third-order valence-corrected chi connectivity index (χ3v) is 3.05. The molecule has 0 heterocycles. The molecule has 0 aliphatic heterocycles. The molecule has 0 aliphatic carbocycles. The number of carbonyl (C=O) groups is 1. The molecule has 0 aliphatic rings. The van der Waals surface area contributed by atoms with Crippen molar-refractivity contribution in [2.24, 2.45) is 5.84 Å². The molecule has 0 fully saturated rings. The molecule has 1 amide bonds. The van der Waals surface area contributed by atoms with Crippen molar-refractivity contribution in [3.63, 3.8) is 0 Å². The van der Waals surface area contributed by atoms with Gasteiger partial charge in [0.25, 0.3) is 5.91 Å². The Morgan fingerprint density at radius 3 is 2.41 bits per heavy atom. The standard InChI is InChI=1S/C13H20N2O2/c1-4-13(2,3)10-5-7-11(8-6-10)17-9-12(16)15-14/h5-8H,4,9,14H2,1-3H3,(H,15,16). The van der Waals surface area contributed by atoms with Crippen LogP contribution in [0.1, 0.15) is 32.8 Å². The molecule has 0 spiro atoms. The first-order chi connectivity index (χ1) is 7.99. The van der Waals surface area contributed by atoms with Gasteiger partial charge in [0.1, 0.15) is 5.75 Å². The summed E-state index contributed by atoms with van der Waals surface area (Å²) in [5, 5.41) is 0. The lowest BCUT2D eigenvalue weighted by atomic mass is 9.82. The van der Waals surface area contributed by atoms with Gasteiger partial charge in [-0.1, -0.05) is 32.9 Å². The summed E-state index contributed by atoms with van der Waals surface area (Å²) >= 11 is 0. The van der Waals surface area contributed by atoms with Crippen LogP contribution in [0.4, 0.5) is 0 Å². The highest BCUT2D eigenvalue weighted by atomic mass is 16.5. The number of rotatable bonds is 5. The molecule has 17 heavy (non-hydrogen) atoms. The summed E-state index contributed by atoms with van der Waals surface area (Å²) in [6.45, 7) is 6.50. The van der Waals surface area contributed by atoms with Crippen LogP contribution in [0.25, 0.3) is 0 Å². The van der Waals surface area contributed by atoms with E-state index >= 15 is 0 Å². The first kappa shape index (κ1) is 13.5. The van der Waals surface area contributed by atoms with E-state index in [2.05, 4.69) is 20.8 Å². The Morgan fingerprint density at radius 1 is 1.35 bits per heavy atom. The van der Waals surface area contributed by atoms with Crippen LogP contribution < -0.4 is 16.0 Å². The Bertz CT molecular complexity index is 372. The first-order valence-corrected chi connectivity index (χ1v) is 5.72. The van der Waals surface area contributed by atoms with Crippen LogP contribution in [0.2, 0.25) is 0 Å². The fourth-order valence-electron chi connectivity index (χ4n) is 1.40. The van der Waals surface area contributed by atoms with Crippen LogP contribution in [-0.2, 0) is 10.2 Å². The summed E-state index contributed by atoms with van der Waals surface area (Å²) in [5.41, 5.74) is 3.44. The van der Waals surface area contributed by atoms with Crippen molar-refractivity contribution in [1.82, 2.24) is 5.43 Å². The quantitative estimate of drug-likeness (QED) is 0.465. The number of nitrogens with one attached hydrogen (secondary N) is 1. The van der Waals surface area contributed by atoms with Crippen LogP contribution in [0, 0.1) is 0 Å². The number of benzene rings is 1. The zero-order valence-corrected chi connectivity index (χ0v) is 10.6. The summed E-state index contributed by atoms with van der Waals surface area (Å²) in [4.78, 5) is 10.9. The molecule has 4 heteroatoms. The third kappa shape index (κ3) is 3.75. The second-order valence-corrected chi connectivity index (χ2v) is 4.62. The largest absolute Gasteiger partial charge is 0.484 e. The highest BCUT2D eigenvalue weighted by molar-refractivity contribution is 5.76. The minimum absolute atomic E-state index is 0.0625. The van der Waals surface area contributed by atoms with Gasteiger partial charge in [-0.15, -0.1) is 0 Å². The average molecular weight is 236 g/mol. The van der Waals surface area contributed by atoms with Crippen LogP contribution in [0.3, 0.4) is 0 Å². The van der Waals surface area contributed by atoms with Crippen molar-refractivity contribution in [2.45, 2.75) is 32.6 Å². The highest BCUT2D eigenvalue weighted by Gasteiger charge is 2.17. The lowest BCUT2D eigenvalue weighted by molar-refractivity contribution is -0.123. The minimum Gasteiger partial charge on any atom is -0.484 e. The maximum Gasteiger partial charge on any atom is 0.271 e. The van der Waals surface area contributed by atoms with Crippen molar-refractivity contribution >= 4 is 5.91 Å². The minimum atomic E-state index is -0.344. The number of amides is 1. The molecule has 1 rings (SSSR count). The molecule has 0 unspecified atom stereocenters. The van der Waals surface area contributed by atoms with E-state index in [9.17, 15) is 4.79 Å². The SMILES string of the molecule is CCC(C)(C)c1ccc(OCC(=O)NN)cc1. The fourth-order valence-corrected chi connectivity index (χ4v) is 1.40. The molecule has 1 aromatic carbocycles. The van der Waals surface area contributed by atoms with Gasteiger partial charge in [0.2, 0.25) is 0 Å². The number of hydrogen-bond donors (Lipinski definition) is 2. The van der Waals surface area contributed by atoms with Gasteiger partial charge in [-0.05, 0) is 29.5 Å². The monoisotopic (exact) mass is 236 g/mol. The van der Waals surface area contributed by atoms with Crippen molar-refractivity contribution < 1.29 is 9.53 Å². The molecule has 0 saturated heterocycles. The number of hydrazine groups is 1. The maximum absolute atomic E-state index is 10.9.